The quantitative estimate of drug-likeness (QED) is 0.554. The molecule has 1 aliphatic rings. The Balaban J connectivity index is 2.66. The van der Waals surface area contributed by atoms with Gasteiger partial charge in [-0.25, -0.2) is 0 Å². The van der Waals surface area contributed by atoms with Gasteiger partial charge in [-0.2, -0.15) is 0 Å². The fourth-order valence-corrected chi connectivity index (χ4v) is 2.17. The lowest BCUT2D eigenvalue weighted by Crippen LogP contribution is -2.42. The number of carbonyl (C=O) groups is 2. The lowest BCUT2D eigenvalue weighted by molar-refractivity contribution is -0.146. The van der Waals surface area contributed by atoms with E-state index >= 15 is 0 Å². The van der Waals surface area contributed by atoms with Gasteiger partial charge in [0.15, 0.2) is 0 Å². The zero-order valence-corrected chi connectivity index (χ0v) is 9.41. The molecule has 1 aliphatic carbocycles. The van der Waals surface area contributed by atoms with Crippen LogP contribution in [0.2, 0.25) is 0 Å². The van der Waals surface area contributed by atoms with Gasteiger partial charge in [0.2, 0.25) is 5.91 Å². The Morgan fingerprint density at radius 1 is 1.20 bits per heavy atom. The Morgan fingerprint density at radius 2 is 1.87 bits per heavy atom. The Morgan fingerprint density at radius 3 is 2.47 bits per heavy atom. The number of amides is 1. The Kier molecular flexibility index (Phi) is 4.59. The fourth-order valence-electron chi connectivity index (χ4n) is 2.17. The largest absolute Gasteiger partial charge is 0.469 e. The lowest BCUT2D eigenvalue weighted by atomic mass is 9.95. The van der Waals surface area contributed by atoms with Crippen LogP contribution in [0.4, 0.5) is 0 Å². The highest BCUT2D eigenvalue weighted by Crippen LogP contribution is 2.24. The van der Waals surface area contributed by atoms with E-state index in [-0.39, 0.29) is 23.8 Å². The molecule has 2 unspecified atom stereocenters. The molecule has 0 saturated heterocycles. The molecule has 2 atom stereocenters. The molecule has 1 fully saturated rings. The van der Waals surface area contributed by atoms with Crippen molar-refractivity contribution in [3.63, 3.8) is 0 Å². The van der Waals surface area contributed by atoms with Crippen molar-refractivity contribution in [3.05, 3.63) is 0 Å². The highest BCUT2D eigenvalue weighted by Gasteiger charge is 2.30. The van der Waals surface area contributed by atoms with Gasteiger partial charge in [-0.3, -0.25) is 9.59 Å². The van der Waals surface area contributed by atoms with Crippen molar-refractivity contribution < 1.29 is 14.3 Å². The van der Waals surface area contributed by atoms with Crippen LogP contribution in [0.25, 0.3) is 0 Å². The third kappa shape index (κ3) is 3.53. The van der Waals surface area contributed by atoms with E-state index in [2.05, 4.69) is 5.32 Å². The summed E-state index contributed by atoms with van der Waals surface area (Å²) in [6, 6.07) is -0.0440. The van der Waals surface area contributed by atoms with Crippen LogP contribution in [0.15, 0.2) is 0 Å². The minimum absolute atomic E-state index is 0.0440. The highest BCUT2D eigenvalue weighted by atomic mass is 16.5. The first kappa shape index (κ1) is 12.0. The first-order chi connectivity index (χ1) is 7.15. The van der Waals surface area contributed by atoms with Crippen molar-refractivity contribution in [3.8, 4) is 0 Å². The van der Waals surface area contributed by atoms with Crippen LogP contribution in [0, 0.1) is 5.92 Å². The van der Waals surface area contributed by atoms with Crippen LogP contribution in [0.1, 0.15) is 39.0 Å². The number of nitrogens with one attached hydrogen (secondary N) is 1. The molecular formula is C11H19NO3. The molecule has 0 aromatic rings. The number of esters is 1. The second-order valence-electron chi connectivity index (χ2n) is 4.07. The molecule has 1 amide bonds. The van der Waals surface area contributed by atoms with Gasteiger partial charge in [0.05, 0.1) is 13.0 Å². The second-order valence-corrected chi connectivity index (χ2v) is 4.07. The third-order valence-corrected chi connectivity index (χ3v) is 2.91. The van der Waals surface area contributed by atoms with Gasteiger partial charge >= 0.3 is 5.97 Å². The van der Waals surface area contributed by atoms with E-state index in [9.17, 15) is 9.59 Å². The monoisotopic (exact) mass is 213 g/mol. The number of ether oxygens (including phenoxy) is 1. The van der Waals surface area contributed by atoms with Gasteiger partial charge in [-0.05, 0) is 12.8 Å². The van der Waals surface area contributed by atoms with Crippen LogP contribution < -0.4 is 5.32 Å². The van der Waals surface area contributed by atoms with Gasteiger partial charge in [0, 0.05) is 13.0 Å². The number of hydrogen-bond acceptors (Lipinski definition) is 3. The van der Waals surface area contributed by atoms with Crippen molar-refractivity contribution in [2.75, 3.05) is 7.11 Å². The average Bonchev–Trinajstić information content (AvgIpc) is 2.41. The summed E-state index contributed by atoms with van der Waals surface area (Å²) in [4.78, 5) is 22.6. The van der Waals surface area contributed by atoms with E-state index in [4.69, 9.17) is 4.74 Å². The maximum Gasteiger partial charge on any atom is 0.310 e. The summed E-state index contributed by atoms with van der Waals surface area (Å²) >= 11 is 0. The van der Waals surface area contributed by atoms with Gasteiger partial charge < -0.3 is 10.1 Å². The van der Waals surface area contributed by atoms with Crippen LogP contribution >= 0.6 is 0 Å². The fraction of sp³-hybridized carbons (Fsp3) is 0.818. The lowest BCUT2D eigenvalue weighted by Gasteiger charge is -2.23. The molecule has 4 nitrogen and oxygen atoms in total. The molecule has 15 heavy (non-hydrogen) atoms. The summed E-state index contributed by atoms with van der Waals surface area (Å²) in [5.41, 5.74) is 0. The molecule has 0 spiro atoms. The zero-order valence-electron chi connectivity index (χ0n) is 9.41. The molecule has 1 rings (SSSR count). The van der Waals surface area contributed by atoms with Crippen LogP contribution in [0.3, 0.4) is 0 Å². The van der Waals surface area contributed by atoms with Gasteiger partial charge in [-0.1, -0.05) is 19.3 Å². The van der Waals surface area contributed by atoms with E-state index < -0.39 is 0 Å². The third-order valence-electron chi connectivity index (χ3n) is 2.91. The standard InChI is InChI=1S/C11H19NO3/c1-8(13)12-10-7-5-3-4-6-9(10)11(14)15-2/h9-10H,3-7H2,1-2H3,(H,12,13). The number of carbonyl (C=O) groups excluding carboxylic acids is 2. The minimum Gasteiger partial charge on any atom is -0.469 e. The molecule has 0 heterocycles. The first-order valence-corrected chi connectivity index (χ1v) is 5.50. The molecule has 4 heteroatoms. The molecular weight excluding hydrogens is 194 g/mol. The molecule has 1 saturated carbocycles. The summed E-state index contributed by atoms with van der Waals surface area (Å²) in [6.45, 7) is 1.49. The number of methoxy groups -OCH3 is 1. The van der Waals surface area contributed by atoms with Crippen LogP contribution in [-0.4, -0.2) is 25.0 Å². The maximum atomic E-state index is 11.5. The number of rotatable bonds is 2. The van der Waals surface area contributed by atoms with Crippen molar-refractivity contribution in [1.29, 1.82) is 0 Å². The number of hydrogen-bond donors (Lipinski definition) is 1. The van der Waals surface area contributed by atoms with E-state index in [1.165, 1.54) is 14.0 Å². The highest BCUT2D eigenvalue weighted by molar-refractivity contribution is 5.77. The molecule has 0 radical (unpaired) electrons. The average molecular weight is 213 g/mol. The first-order valence-electron chi connectivity index (χ1n) is 5.50. The van der Waals surface area contributed by atoms with Crippen LogP contribution in [-0.2, 0) is 14.3 Å². The minimum atomic E-state index is -0.198. The van der Waals surface area contributed by atoms with Gasteiger partial charge in [0.25, 0.3) is 0 Å². The molecule has 0 aliphatic heterocycles. The molecule has 0 aromatic heterocycles. The molecule has 86 valence electrons. The van der Waals surface area contributed by atoms with Crippen molar-refractivity contribution >= 4 is 11.9 Å². The molecule has 1 N–H and O–H groups in total. The Hall–Kier alpha value is -1.06. The van der Waals surface area contributed by atoms with Crippen molar-refractivity contribution in [1.82, 2.24) is 5.32 Å². The van der Waals surface area contributed by atoms with E-state index in [0.29, 0.717) is 0 Å². The van der Waals surface area contributed by atoms with Crippen molar-refractivity contribution in [2.24, 2.45) is 5.92 Å². The zero-order chi connectivity index (χ0) is 11.3. The van der Waals surface area contributed by atoms with E-state index in [1.54, 1.807) is 0 Å². The molecule has 0 bridgehead atoms. The van der Waals surface area contributed by atoms with Crippen molar-refractivity contribution in [2.45, 2.75) is 45.1 Å². The van der Waals surface area contributed by atoms with Gasteiger partial charge in [0.1, 0.15) is 0 Å². The Labute approximate surface area is 90.4 Å². The van der Waals surface area contributed by atoms with Gasteiger partial charge in [-0.15, -0.1) is 0 Å². The summed E-state index contributed by atoms with van der Waals surface area (Å²) in [7, 11) is 1.40. The predicted molar refractivity (Wildman–Crippen MR) is 56.2 cm³/mol. The predicted octanol–water partition coefficient (Wildman–Crippen LogP) is 1.24. The van der Waals surface area contributed by atoms with E-state index in [1.807, 2.05) is 0 Å². The normalized spacial score (nSPS) is 26.5. The second kappa shape index (κ2) is 5.73. The Bertz CT molecular complexity index is 240. The SMILES string of the molecule is COC(=O)C1CCCCCC1NC(C)=O. The molecule has 0 aromatic carbocycles. The van der Waals surface area contributed by atoms with E-state index in [0.717, 1.165) is 32.1 Å². The maximum absolute atomic E-state index is 11.5. The summed E-state index contributed by atoms with van der Waals surface area (Å²) < 4.78 is 4.77. The summed E-state index contributed by atoms with van der Waals surface area (Å²) in [6.07, 6.45) is 4.93. The summed E-state index contributed by atoms with van der Waals surface area (Å²) in [5, 5.41) is 2.85. The summed E-state index contributed by atoms with van der Waals surface area (Å²) in [5.74, 6) is -0.437. The topological polar surface area (TPSA) is 55.4 Å². The van der Waals surface area contributed by atoms with Crippen LogP contribution in [0.5, 0.6) is 0 Å². The smallest absolute Gasteiger partial charge is 0.310 e.